The van der Waals surface area contributed by atoms with Gasteiger partial charge in [0.1, 0.15) is 5.52 Å². The highest BCUT2D eigenvalue weighted by Crippen LogP contribution is 2.41. The number of unbranched alkanes of at least 4 members (excludes halogenated alkanes) is 8. The second kappa shape index (κ2) is 12.0. The van der Waals surface area contributed by atoms with Crippen LogP contribution in [0.1, 0.15) is 89.3 Å². The molecule has 0 radical (unpaired) electrons. The summed E-state index contributed by atoms with van der Waals surface area (Å²) in [6.45, 7) is 4.51. The Morgan fingerprint density at radius 1 is 0.900 bits per heavy atom. The number of nitrogens with zero attached hydrogens (tertiary/aromatic N) is 1. The monoisotopic (exact) mass is 424 g/mol. The predicted molar refractivity (Wildman–Crippen MR) is 118 cm³/mol. The van der Waals surface area contributed by atoms with E-state index in [4.69, 9.17) is 10.5 Å². The van der Waals surface area contributed by atoms with Crippen LogP contribution in [0.2, 0.25) is 0 Å². The Labute approximate surface area is 178 Å². The largest absolute Gasteiger partial charge is 0.491 e. The maximum absolute atomic E-state index is 13.6. The molecule has 0 atom stereocenters. The Morgan fingerprint density at radius 3 is 2.20 bits per heavy atom. The van der Waals surface area contributed by atoms with E-state index in [1.165, 1.54) is 31.7 Å². The minimum Gasteiger partial charge on any atom is -0.491 e. The fraction of sp³-hybridized carbons (Fsp3) is 0.625. The summed E-state index contributed by atoms with van der Waals surface area (Å²) < 4.78 is 46.5. The number of pyridine rings is 1. The number of fused-ring (bicyclic) bond motifs is 1. The predicted octanol–water partition coefficient (Wildman–Crippen LogP) is 7.70. The number of halogens is 3. The number of anilines is 1. The van der Waals surface area contributed by atoms with Crippen LogP contribution in [-0.4, -0.2) is 11.6 Å². The van der Waals surface area contributed by atoms with Crippen LogP contribution in [-0.2, 0) is 12.6 Å². The van der Waals surface area contributed by atoms with E-state index in [-0.39, 0.29) is 17.9 Å². The molecule has 0 saturated carbocycles. The minimum absolute atomic E-state index is 0.187. The van der Waals surface area contributed by atoms with Crippen LogP contribution in [0, 0.1) is 0 Å². The number of nitrogens with two attached hydrogens (primary N) is 1. The van der Waals surface area contributed by atoms with Gasteiger partial charge in [-0.15, -0.1) is 0 Å². The summed E-state index contributed by atoms with van der Waals surface area (Å²) in [6.07, 6.45) is 6.81. The lowest BCUT2D eigenvalue weighted by atomic mass is 10.0. The molecule has 0 fully saturated rings. The van der Waals surface area contributed by atoms with E-state index in [0.717, 1.165) is 43.9 Å². The van der Waals surface area contributed by atoms with Crippen molar-refractivity contribution >= 4 is 16.6 Å². The van der Waals surface area contributed by atoms with Crippen LogP contribution in [0.4, 0.5) is 18.9 Å². The van der Waals surface area contributed by atoms with Gasteiger partial charge in [-0.05, 0) is 37.5 Å². The Bertz CT molecular complexity index is 790. The van der Waals surface area contributed by atoms with Gasteiger partial charge in [-0.25, -0.2) is 4.98 Å². The van der Waals surface area contributed by atoms with Gasteiger partial charge in [-0.2, -0.15) is 13.2 Å². The van der Waals surface area contributed by atoms with E-state index in [9.17, 15) is 13.2 Å². The molecule has 0 unspecified atom stereocenters. The van der Waals surface area contributed by atoms with Crippen molar-refractivity contribution in [1.82, 2.24) is 4.98 Å². The quantitative estimate of drug-likeness (QED) is 0.335. The Balaban J connectivity index is 2.25. The van der Waals surface area contributed by atoms with E-state index in [2.05, 4.69) is 18.8 Å². The molecule has 1 aromatic heterocycles. The zero-order chi connectivity index (χ0) is 22.0. The van der Waals surface area contributed by atoms with Crippen LogP contribution >= 0.6 is 0 Å². The van der Waals surface area contributed by atoms with Gasteiger partial charge in [-0.1, -0.05) is 65.2 Å². The third kappa shape index (κ3) is 7.06. The highest BCUT2D eigenvalue weighted by atomic mass is 19.4. The first kappa shape index (κ1) is 24.3. The van der Waals surface area contributed by atoms with Crippen LogP contribution in [0.5, 0.6) is 5.75 Å². The van der Waals surface area contributed by atoms with E-state index in [1.807, 2.05) is 0 Å². The zero-order valence-electron chi connectivity index (χ0n) is 18.3. The van der Waals surface area contributed by atoms with Gasteiger partial charge in [0.2, 0.25) is 0 Å². The molecule has 2 N–H and O–H groups in total. The van der Waals surface area contributed by atoms with Gasteiger partial charge >= 0.3 is 6.18 Å². The number of rotatable bonds is 13. The van der Waals surface area contributed by atoms with Crippen molar-refractivity contribution in [2.24, 2.45) is 0 Å². The number of hydrogen-bond acceptors (Lipinski definition) is 3. The zero-order valence-corrected chi connectivity index (χ0v) is 18.3. The first-order valence-electron chi connectivity index (χ1n) is 11.3. The Morgan fingerprint density at radius 2 is 1.53 bits per heavy atom. The van der Waals surface area contributed by atoms with E-state index >= 15 is 0 Å². The number of aromatic nitrogens is 1. The first-order valence-corrected chi connectivity index (χ1v) is 11.3. The maximum atomic E-state index is 13.6. The van der Waals surface area contributed by atoms with Crippen molar-refractivity contribution in [2.75, 3.05) is 12.3 Å². The molecule has 0 amide bonds. The van der Waals surface area contributed by atoms with Crippen molar-refractivity contribution < 1.29 is 17.9 Å². The number of benzene rings is 1. The van der Waals surface area contributed by atoms with Crippen molar-refractivity contribution in [3.63, 3.8) is 0 Å². The standard InChI is InChI=1S/C24H35F3N2O/c1-3-5-7-9-10-11-13-18-17-21(28)19-14-15-20(24(25,26)27)23(22(19)29-18)30-16-12-8-6-4-2/h14-15,17H,3-13,16H2,1-2H3,(H2,28,29). The summed E-state index contributed by atoms with van der Waals surface area (Å²) in [4.78, 5) is 4.55. The normalized spacial score (nSPS) is 11.9. The van der Waals surface area contributed by atoms with Crippen LogP contribution in [0.15, 0.2) is 18.2 Å². The van der Waals surface area contributed by atoms with Crippen molar-refractivity contribution in [3.05, 3.63) is 29.5 Å². The first-order chi connectivity index (χ1) is 14.4. The molecule has 0 aliphatic heterocycles. The van der Waals surface area contributed by atoms with E-state index in [1.54, 1.807) is 6.07 Å². The number of nitrogen functional groups attached to an aromatic ring is 1. The van der Waals surface area contributed by atoms with Crippen molar-refractivity contribution in [2.45, 2.75) is 90.7 Å². The number of alkyl halides is 3. The van der Waals surface area contributed by atoms with Gasteiger partial charge in [0.05, 0.1) is 12.2 Å². The average molecular weight is 425 g/mol. The molecule has 0 bridgehead atoms. The molecule has 0 saturated heterocycles. The molecular formula is C24H35F3N2O. The summed E-state index contributed by atoms with van der Waals surface area (Å²) >= 11 is 0. The smallest absolute Gasteiger partial charge is 0.420 e. The number of aryl methyl sites for hydroxylation is 1. The molecule has 1 heterocycles. The van der Waals surface area contributed by atoms with Gasteiger partial charge < -0.3 is 10.5 Å². The van der Waals surface area contributed by atoms with Gasteiger partial charge in [-0.3, -0.25) is 0 Å². The average Bonchev–Trinajstić information content (AvgIpc) is 2.69. The molecule has 3 nitrogen and oxygen atoms in total. The minimum atomic E-state index is -4.50. The lowest BCUT2D eigenvalue weighted by Gasteiger charge is -2.17. The van der Waals surface area contributed by atoms with E-state index < -0.39 is 11.7 Å². The number of hydrogen-bond donors (Lipinski definition) is 1. The lowest BCUT2D eigenvalue weighted by molar-refractivity contribution is -0.138. The van der Waals surface area contributed by atoms with Crippen LogP contribution < -0.4 is 10.5 Å². The fourth-order valence-electron chi connectivity index (χ4n) is 3.64. The topological polar surface area (TPSA) is 48.1 Å². The summed E-state index contributed by atoms with van der Waals surface area (Å²) in [5.74, 6) is -0.187. The molecule has 6 heteroatoms. The van der Waals surface area contributed by atoms with Crippen molar-refractivity contribution in [3.8, 4) is 5.75 Å². The van der Waals surface area contributed by atoms with Crippen LogP contribution in [0.25, 0.3) is 10.9 Å². The summed E-state index contributed by atoms with van der Waals surface area (Å²) in [5.41, 5.74) is 6.79. The second-order valence-corrected chi connectivity index (χ2v) is 7.97. The van der Waals surface area contributed by atoms with Crippen molar-refractivity contribution in [1.29, 1.82) is 0 Å². The summed E-state index contributed by atoms with van der Waals surface area (Å²) in [7, 11) is 0. The lowest BCUT2D eigenvalue weighted by Crippen LogP contribution is -2.11. The SMILES string of the molecule is CCCCCCCCc1cc(N)c2ccc(C(F)(F)F)c(OCCCCCC)c2n1. The molecule has 1 aromatic carbocycles. The highest BCUT2D eigenvalue weighted by Gasteiger charge is 2.35. The third-order valence-corrected chi connectivity index (χ3v) is 5.36. The van der Waals surface area contributed by atoms with Gasteiger partial charge in [0, 0.05) is 16.8 Å². The third-order valence-electron chi connectivity index (χ3n) is 5.36. The Kier molecular flexibility index (Phi) is 9.73. The Hall–Kier alpha value is -1.98. The molecule has 2 rings (SSSR count). The summed E-state index contributed by atoms with van der Waals surface area (Å²) in [5, 5.41) is 0.512. The number of ether oxygens (including phenoxy) is 1. The molecule has 2 aromatic rings. The summed E-state index contributed by atoms with van der Waals surface area (Å²) in [6, 6.07) is 4.24. The van der Waals surface area contributed by atoms with E-state index in [0.29, 0.717) is 23.9 Å². The second-order valence-electron chi connectivity index (χ2n) is 7.97. The maximum Gasteiger partial charge on any atom is 0.420 e. The molecule has 30 heavy (non-hydrogen) atoms. The molecule has 0 aliphatic rings. The highest BCUT2D eigenvalue weighted by molar-refractivity contribution is 5.95. The van der Waals surface area contributed by atoms with Gasteiger partial charge in [0.15, 0.2) is 5.75 Å². The van der Waals surface area contributed by atoms with Crippen LogP contribution in [0.3, 0.4) is 0 Å². The fourth-order valence-corrected chi connectivity index (χ4v) is 3.64. The molecule has 0 aliphatic carbocycles. The van der Waals surface area contributed by atoms with Gasteiger partial charge in [0.25, 0.3) is 0 Å². The molecule has 0 spiro atoms. The molecule has 168 valence electrons. The molecular weight excluding hydrogens is 389 g/mol.